The summed E-state index contributed by atoms with van der Waals surface area (Å²) >= 11 is 0. The van der Waals surface area contributed by atoms with Gasteiger partial charge in [0.15, 0.2) is 9.84 Å². The lowest BCUT2D eigenvalue weighted by Crippen LogP contribution is -2.42. The predicted molar refractivity (Wildman–Crippen MR) is 123 cm³/mol. The minimum absolute atomic E-state index is 0.0999. The molecule has 1 aliphatic rings. The van der Waals surface area contributed by atoms with Gasteiger partial charge < -0.3 is 10.2 Å². The van der Waals surface area contributed by atoms with E-state index in [0.717, 1.165) is 24.1 Å². The van der Waals surface area contributed by atoms with Crippen LogP contribution in [0.1, 0.15) is 27.9 Å². The molecule has 164 valence electrons. The Morgan fingerprint density at radius 3 is 2.31 bits per heavy atom. The van der Waals surface area contributed by atoms with Gasteiger partial charge in [-0.2, -0.15) is 0 Å². The maximum Gasteiger partial charge on any atom is 0.251 e. The highest BCUT2D eigenvalue weighted by molar-refractivity contribution is 7.90. The average molecular weight is 449 g/mol. The molecule has 0 spiro atoms. The standard InChI is InChI=1S/C25H24N2O4S/c28-24(27-16-6-8-20-7-4-5-11-23(20)27)17-26-25(29)21-14-12-19(13-15-21)18-32(30,31)22-9-2-1-3-10-22/h1-5,7,9-15H,6,8,16-18H2,(H,26,29). The molecule has 0 aliphatic carbocycles. The first kappa shape index (κ1) is 21.8. The largest absolute Gasteiger partial charge is 0.343 e. The molecule has 0 saturated carbocycles. The Morgan fingerprint density at radius 1 is 0.875 bits per heavy atom. The number of hydrogen-bond acceptors (Lipinski definition) is 4. The molecule has 0 saturated heterocycles. The zero-order chi connectivity index (χ0) is 22.6. The highest BCUT2D eigenvalue weighted by Gasteiger charge is 2.22. The zero-order valence-electron chi connectivity index (χ0n) is 17.5. The van der Waals surface area contributed by atoms with Crippen molar-refractivity contribution >= 4 is 27.3 Å². The first-order valence-corrected chi connectivity index (χ1v) is 12.1. The van der Waals surface area contributed by atoms with E-state index >= 15 is 0 Å². The molecule has 0 unspecified atom stereocenters. The second-order valence-electron chi connectivity index (χ2n) is 7.73. The summed E-state index contributed by atoms with van der Waals surface area (Å²) in [6.07, 6.45) is 1.84. The fraction of sp³-hybridized carbons (Fsp3) is 0.200. The van der Waals surface area contributed by atoms with Gasteiger partial charge in [-0.25, -0.2) is 8.42 Å². The van der Waals surface area contributed by atoms with E-state index in [4.69, 9.17) is 0 Å². The van der Waals surface area contributed by atoms with Gasteiger partial charge in [-0.05, 0) is 54.3 Å². The Bertz CT molecular complexity index is 1220. The normalized spacial score (nSPS) is 13.3. The van der Waals surface area contributed by atoms with Crippen LogP contribution in [0.5, 0.6) is 0 Å². The molecule has 0 bridgehead atoms. The number of rotatable bonds is 6. The van der Waals surface area contributed by atoms with E-state index < -0.39 is 9.84 Å². The van der Waals surface area contributed by atoms with Crippen molar-refractivity contribution in [3.05, 3.63) is 95.6 Å². The molecule has 4 rings (SSSR count). The molecule has 3 aromatic carbocycles. The zero-order valence-corrected chi connectivity index (χ0v) is 18.3. The molecule has 0 atom stereocenters. The molecule has 3 aromatic rings. The molecule has 6 nitrogen and oxygen atoms in total. The Morgan fingerprint density at radius 2 is 1.56 bits per heavy atom. The van der Waals surface area contributed by atoms with Crippen LogP contribution < -0.4 is 10.2 Å². The van der Waals surface area contributed by atoms with E-state index in [1.165, 1.54) is 0 Å². The molecular formula is C25H24N2O4S. The second-order valence-corrected chi connectivity index (χ2v) is 9.72. The third-order valence-electron chi connectivity index (χ3n) is 5.49. The fourth-order valence-corrected chi connectivity index (χ4v) is 5.20. The number of para-hydroxylation sites is 1. The number of hydrogen-bond donors (Lipinski definition) is 1. The van der Waals surface area contributed by atoms with Gasteiger partial charge in [0.05, 0.1) is 17.2 Å². The van der Waals surface area contributed by atoms with Gasteiger partial charge in [-0.3, -0.25) is 9.59 Å². The summed E-state index contributed by atoms with van der Waals surface area (Å²) < 4.78 is 25.0. The molecule has 7 heteroatoms. The smallest absolute Gasteiger partial charge is 0.251 e. The maximum absolute atomic E-state index is 12.7. The van der Waals surface area contributed by atoms with E-state index in [9.17, 15) is 18.0 Å². The molecule has 32 heavy (non-hydrogen) atoms. The maximum atomic E-state index is 12.7. The minimum atomic E-state index is -3.46. The second kappa shape index (κ2) is 9.36. The number of carbonyl (C=O) groups is 2. The van der Waals surface area contributed by atoms with Gasteiger partial charge in [0.25, 0.3) is 5.91 Å². The molecule has 1 heterocycles. The van der Waals surface area contributed by atoms with E-state index in [0.29, 0.717) is 17.7 Å². The molecule has 1 aliphatic heterocycles. The monoisotopic (exact) mass is 448 g/mol. The van der Waals surface area contributed by atoms with Crippen molar-refractivity contribution in [2.75, 3.05) is 18.0 Å². The van der Waals surface area contributed by atoms with Crippen LogP contribution in [0.25, 0.3) is 0 Å². The van der Waals surface area contributed by atoms with Crippen molar-refractivity contribution in [3.8, 4) is 0 Å². The van der Waals surface area contributed by atoms with Crippen LogP contribution in [0, 0.1) is 0 Å². The number of fused-ring (bicyclic) bond motifs is 1. The number of nitrogens with zero attached hydrogens (tertiary/aromatic N) is 1. The number of amides is 2. The number of aryl methyl sites for hydroxylation is 1. The number of benzene rings is 3. The molecule has 2 amide bonds. The quantitative estimate of drug-likeness (QED) is 0.627. The Kier molecular flexibility index (Phi) is 6.37. The van der Waals surface area contributed by atoms with Gasteiger partial charge >= 0.3 is 0 Å². The van der Waals surface area contributed by atoms with Gasteiger partial charge in [0.2, 0.25) is 5.91 Å². The third-order valence-corrected chi connectivity index (χ3v) is 7.19. The van der Waals surface area contributed by atoms with Crippen LogP contribution in [-0.2, 0) is 26.8 Å². The van der Waals surface area contributed by atoms with Gasteiger partial charge in [-0.15, -0.1) is 0 Å². The average Bonchev–Trinajstić information content (AvgIpc) is 2.83. The van der Waals surface area contributed by atoms with E-state index in [1.807, 2.05) is 24.3 Å². The SMILES string of the molecule is O=C(NCC(=O)N1CCCc2ccccc21)c1ccc(CS(=O)(=O)c2ccccc2)cc1. The van der Waals surface area contributed by atoms with Crippen LogP contribution in [0.3, 0.4) is 0 Å². The summed E-state index contributed by atoms with van der Waals surface area (Å²) in [5.74, 6) is -0.677. The summed E-state index contributed by atoms with van der Waals surface area (Å²) in [4.78, 5) is 27.2. The number of anilines is 1. The van der Waals surface area contributed by atoms with Gasteiger partial charge in [-0.1, -0.05) is 48.5 Å². The van der Waals surface area contributed by atoms with E-state index in [-0.39, 0.29) is 29.0 Å². The first-order chi connectivity index (χ1) is 15.4. The Balaban J connectivity index is 1.36. The van der Waals surface area contributed by atoms with Crippen LogP contribution in [0.15, 0.2) is 83.8 Å². The predicted octanol–water partition coefficient (Wildman–Crippen LogP) is 3.37. The van der Waals surface area contributed by atoms with E-state index in [2.05, 4.69) is 5.32 Å². The van der Waals surface area contributed by atoms with Crippen molar-refractivity contribution in [2.45, 2.75) is 23.5 Å². The van der Waals surface area contributed by atoms with Crippen molar-refractivity contribution < 1.29 is 18.0 Å². The van der Waals surface area contributed by atoms with E-state index in [1.54, 1.807) is 59.5 Å². The molecule has 0 fully saturated rings. The van der Waals surface area contributed by atoms with Crippen LogP contribution in [0.2, 0.25) is 0 Å². The van der Waals surface area contributed by atoms with Crippen LogP contribution in [-0.4, -0.2) is 33.3 Å². The summed E-state index contributed by atoms with van der Waals surface area (Å²) in [6.45, 7) is 0.535. The third kappa shape index (κ3) is 4.89. The van der Waals surface area contributed by atoms with Crippen LogP contribution in [0.4, 0.5) is 5.69 Å². The Hall–Kier alpha value is -3.45. The van der Waals surface area contributed by atoms with Crippen LogP contribution >= 0.6 is 0 Å². The lowest BCUT2D eigenvalue weighted by atomic mass is 10.0. The van der Waals surface area contributed by atoms with Crippen molar-refractivity contribution in [3.63, 3.8) is 0 Å². The summed E-state index contributed by atoms with van der Waals surface area (Å²) in [6, 6.07) is 22.5. The lowest BCUT2D eigenvalue weighted by molar-refractivity contribution is -0.117. The summed E-state index contributed by atoms with van der Waals surface area (Å²) in [7, 11) is -3.46. The molecular weight excluding hydrogens is 424 g/mol. The van der Waals surface area contributed by atoms with Gasteiger partial charge in [0.1, 0.15) is 0 Å². The summed E-state index contributed by atoms with van der Waals surface area (Å²) in [5, 5.41) is 2.67. The number of sulfone groups is 1. The van der Waals surface area contributed by atoms with Crippen molar-refractivity contribution in [2.24, 2.45) is 0 Å². The minimum Gasteiger partial charge on any atom is -0.343 e. The number of nitrogens with one attached hydrogen (secondary N) is 1. The number of carbonyl (C=O) groups excluding carboxylic acids is 2. The molecule has 0 aromatic heterocycles. The summed E-state index contributed by atoms with van der Waals surface area (Å²) in [5.41, 5.74) is 3.01. The highest BCUT2D eigenvalue weighted by atomic mass is 32.2. The highest BCUT2D eigenvalue weighted by Crippen LogP contribution is 2.26. The lowest BCUT2D eigenvalue weighted by Gasteiger charge is -2.29. The Labute approximate surface area is 187 Å². The fourth-order valence-electron chi connectivity index (χ4n) is 3.83. The first-order valence-electron chi connectivity index (χ1n) is 10.5. The topological polar surface area (TPSA) is 83.6 Å². The van der Waals surface area contributed by atoms with Crippen molar-refractivity contribution in [1.29, 1.82) is 0 Å². The van der Waals surface area contributed by atoms with Gasteiger partial charge in [0, 0.05) is 17.8 Å². The van der Waals surface area contributed by atoms with Crippen molar-refractivity contribution in [1.82, 2.24) is 5.32 Å². The molecule has 0 radical (unpaired) electrons. The molecule has 1 N–H and O–H groups in total.